The summed E-state index contributed by atoms with van der Waals surface area (Å²) in [7, 11) is -3.60. The minimum absolute atomic E-state index is 0.00842. The zero-order chi connectivity index (χ0) is 28.3. The van der Waals surface area contributed by atoms with Crippen molar-refractivity contribution in [2.24, 2.45) is 0 Å². The molecule has 1 aliphatic carbocycles. The molecule has 12 heteroatoms. The van der Waals surface area contributed by atoms with Crippen LogP contribution in [0.25, 0.3) is 17.3 Å². The molecule has 1 saturated heterocycles. The maximum atomic E-state index is 15.2. The molecule has 3 aromatic rings. The van der Waals surface area contributed by atoms with Crippen LogP contribution < -0.4 is 14.8 Å². The van der Waals surface area contributed by atoms with Crippen molar-refractivity contribution in [2.75, 3.05) is 29.9 Å². The molecule has 0 atom stereocenters. The lowest BCUT2D eigenvalue weighted by molar-refractivity contribution is -0.125. The molecule has 1 aromatic carbocycles. The van der Waals surface area contributed by atoms with Crippen LogP contribution in [0.15, 0.2) is 49.3 Å². The molecule has 0 radical (unpaired) electrons. The van der Waals surface area contributed by atoms with E-state index in [1.165, 1.54) is 30.6 Å². The quantitative estimate of drug-likeness (QED) is 0.370. The highest BCUT2D eigenvalue weighted by molar-refractivity contribution is 7.93. The molecule has 0 spiro atoms. The number of carbonyl (C=O) groups excluding carboxylic acids is 1. The summed E-state index contributed by atoms with van der Waals surface area (Å²) in [5.41, 5.74) is 0.586. The number of rotatable bonds is 10. The van der Waals surface area contributed by atoms with E-state index in [0.29, 0.717) is 47.8 Å². The fourth-order valence-corrected chi connectivity index (χ4v) is 5.98. The summed E-state index contributed by atoms with van der Waals surface area (Å²) in [5, 5.41) is 2.28. The molecule has 1 amide bonds. The van der Waals surface area contributed by atoms with Crippen LogP contribution >= 0.6 is 0 Å². The third-order valence-corrected chi connectivity index (χ3v) is 8.86. The summed E-state index contributed by atoms with van der Waals surface area (Å²) < 4.78 is 54.0. The SMILES string of the molecule is C=Cc1ccc(C2(C(=O)Nc3ccc(-c4cncc(OCC)n4)cc3F)CCOCC2)nc1NS(=O)(=O)C1CC1. The van der Waals surface area contributed by atoms with Crippen LogP contribution in [0.4, 0.5) is 15.9 Å². The van der Waals surface area contributed by atoms with E-state index in [1.807, 2.05) is 6.92 Å². The van der Waals surface area contributed by atoms with Crippen molar-refractivity contribution in [3.05, 3.63) is 66.4 Å². The van der Waals surface area contributed by atoms with Crippen LogP contribution in [0.3, 0.4) is 0 Å². The smallest absolute Gasteiger partial charge is 0.236 e. The Hall–Kier alpha value is -3.90. The molecule has 10 nitrogen and oxygen atoms in total. The summed E-state index contributed by atoms with van der Waals surface area (Å²) >= 11 is 0. The summed E-state index contributed by atoms with van der Waals surface area (Å²) in [5.74, 6) is -0.669. The van der Waals surface area contributed by atoms with Crippen LogP contribution in [-0.2, 0) is 25.0 Å². The van der Waals surface area contributed by atoms with E-state index >= 15 is 4.39 Å². The second kappa shape index (κ2) is 11.3. The normalized spacial score (nSPS) is 16.6. The first kappa shape index (κ1) is 27.7. The van der Waals surface area contributed by atoms with Gasteiger partial charge in [-0.25, -0.2) is 22.8 Å². The summed E-state index contributed by atoms with van der Waals surface area (Å²) in [6.45, 7) is 6.58. The monoisotopic (exact) mass is 567 g/mol. The number of hydrogen-bond acceptors (Lipinski definition) is 8. The van der Waals surface area contributed by atoms with Gasteiger partial charge in [0.05, 0.1) is 46.7 Å². The van der Waals surface area contributed by atoms with Gasteiger partial charge in [-0.05, 0) is 56.9 Å². The maximum absolute atomic E-state index is 15.2. The maximum Gasteiger partial charge on any atom is 0.236 e. The van der Waals surface area contributed by atoms with Crippen LogP contribution in [0.5, 0.6) is 5.88 Å². The van der Waals surface area contributed by atoms with E-state index in [9.17, 15) is 13.2 Å². The summed E-state index contributed by atoms with van der Waals surface area (Å²) in [6.07, 6.45) is 6.24. The predicted molar refractivity (Wildman–Crippen MR) is 149 cm³/mol. The molecular formula is C28H30FN5O5S. The van der Waals surface area contributed by atoms with E-state index in [0.717, 1.165) is 0 Å². The molecule has 5 rings (SSSR count). The van der Waals surface area contributed by atoms with Crippen LogP contribution in [0.2, 0.25) is 0 Å². The van der Waals surface area contributed by atoms with Crippen LogP contribution in [0.1, 0.15) is 43.9 Å². The van der Waals surface area contributed by atoms with Gasteiger partial charge in [0.15, 0.2) is 0 Å². The van der Waals surface area contributed by atoms with Gasteiger partial charge in [-0.2, -0.15) is 0 Å². The van der Waals surface area contributed by atoms with Crippen molar-refractivity contribution < 1.29 is 27.1 Å². The zero-order valence-electron chi connectivity index (χ0n) is 22.0. The van der Waals surface area contributed by atoms with Gasteiger partial charge >= 0.3 is 0 Å². The molecule has 2 aliphatic rings. The molecular weight excluding hydrogens is 537 g/mol. The number of carbonyl (C=O) groups is 1. The van der Waals surface area contributed by atoms with Crippen molar-refractivity contribution in [3.63, 3.8) is 0 Å². The zero-order valence-corrected chi connectivity index (χ0v) is 22.8. The lowest BCUT2D eigenvalue weighted by Crippen LogP contribution is -2.45. The number of ether oxygens (including phenoxy) is 2. The molecule has 2 N–H and O–H groups in total. The molecule has 0 bridgehead atoms. The highest BCUT2D eigenvalue weighted by Gasteiger charge is 2.44. The van der Waals surface area contributed by atoms with E-state index in [1.54, 1.807) is 18.2 Å². The van der Waals surface area contributed by atoms with Gasteiger partial charge in [-0.3, -0.25) is 14.5 Å². The van der Waals surface area contributed by atoms with Crippen molar-refractivity contribution in [3.8, 4) is 17.1 Å². The number of benzene rings is 1. The van der Waals surface area contributed by atoms with E-state index < -0.39 is 32.4 Å². The Morgan fingerprint density at radius 1 is 1.20 bits per heavy atom. The Morgan fingerprint density at radius 3 is 2.65 bits per heavy atom. The van der Waals surface area contributed by atoms with Gasteiger partial charge in [-0.1, -0.05) is 18.7 Å². The first-order valence-corrected chi connectivity index (χ1v) is 14.6. The number of nitrogens with zero attached hydrogens (tertiary/aromatic N) is 3. The predicted octanol–water partition coefficient (Wildman–Crippen LogP) is 4.31. The number of sulfonamides is 1. The number of nitrogens with one attached hydrogen (secondary N) is 2. The van der Waals surface area contributed by atoms with Crippen LogP contribution in [-0.4, -0.2) is 54.3 Å². The first-order valence-electron chi connectivity index (χ1n) is 13.1. The van der Waals surface area contributed by atoms with Gasteiger partial charge in [0.1, 0.15) is 11.6 Å². The van der Waals surface area contributed by atoms with Gasteiger partial charge in [0.2, 0.25) is 21.8 Å². The highest BCUT2D eigenvalue weighted by atomic mass is 32.2. The molecule has 40 heavy (non-hydrogen) atoms. The van der Waals surface area contributed by atoms with Crippen molar-refractivity contribution >= 4 is 33.5 Å². The minimum Gasteiger partial charge on any atom is -0.477 e. The molecule has 0 unspecified atom stereocenters. The minimum atomic E-state index is -3.60. The summed E-state index contributed by atoms with van der Waals surface area (Å²) in [4.78, 5) is 26.8. The van der Waals surface area contributed by atoms with E-state index in [4.69, 9.17) is 9.47 Å². The number of aromatic nitrogens is 3. The average Bonchev–Trinajstić information content (AvgIpc) is 3.81. The van der Waals surface area contributed by atoms with Crippen molar-refractivity contribution in [2.45, 2.75) is 43.3 Å². The molecule has 210 valence electrons. The molecule has 1 aliphatic heterocycles. The van der Waals surface area contributed by atoms with Crippen molar-refractivity contribution in [1.82, 2.24) is 15.0 Å². The largest absolute Gasteiger partial charge is 0.477 e. The molecule has 3 heterocycles. The Labute approximate surface area is 232 Å². The van der Waals surface area contributed by atoms with E-state index in [-0.39, 0.29) is 37.6 Å². The Morgan fingerprint density at radius 2 is 1.98 bits per heavy atom. The lowest BCUT2D eigenvalue weighted by atomic mass is 9.75. The first-order chi connectivity index (χ1) is 19.3. The van der Waals surface area contributed by atoms with Gasteiger partial charge in [0.25, 0.3) is 0 Å². The Balaban J connectivity index is 1.44. The average molecular weight is 568 g/mol. The Kier molecular flexibility index (Phi) is 7.81. The second-order valence-corrected chi connectivity index (χ2v) is 11.7. The van der Waals surface area contributed by atoms with E-state index in [2.05, 4.69) is 31.6 Å². The number of hydrogen-bond donors (Lipinski definition) is 2. The molecule has 2 aromatic heterocycles. The molecule has 2 fully saturated rings. The Bertz CT molecular complexity index is 1540. The fraction of sp³-hybridized carbons (Fsp3) is 0.357. The topological polar surface area (TPSA) is 132 Å². The summed E-state index contributed by atoms with van der Waals surface area (Å²) in [6, 6.07) is 7.73. The number of amides is 1. The molecule has 1 saturated carbocycles. The number of anilines is 2. The fourth-order valence-electron chi connectivity index (χ4n) is 4.62. The number of pyridine rings is 1. The van der Waals surface area contributed by atoms with Crippen molar-refractivity contribution in [1.29, 1.82) is 0 Å². The number of halogens is 1. The van der Waals surface area contributed by atoms with Gasteiger partial charge in [0, 0.05) is 24.3 Å². The van der Waals surface area contributed by atoms with Crippen LogP contribution in [0, 0.1) is 5.82 Å². The van der Waals surface area contributed by atoms with Gasteiger partial charge in [-0.15, -0.1) is 0 Å². The standard InChI is InChI=1S/C28H30FN5O5S/c1-3-18-6-10-24(33-26(18)34-40(36,37)20-7-8-20)28(11-13-38-14-12-28)27(35)32-22-9-5-19(15-21(22)29)23-16-30-17-25(31-23)39-4-2/h3,5-6,9-10,15-17,20H,1,4,7-8,11-14H2,2H3,(H,32,35)(H,33,34). The highest BCUT2D eigenvalue weighted by Crippen LogP contribution is 2.38. The third-order valence-electron chi connectivity index (χ3n) is 7.04. The second-order valence-electron chi connectivity index (χ2n) is 9.70. The lowest BCUT2D eigenvalue weighted by Gasteiger charge is -2.35. The third kappa shape index (κ3) is 5.68. The van der Waals surface area contributed by atoms with Gasteiger partial charge < -0.3 is 14.8 Å².